The number of para-hydroxylation sites is 1. The van der Waals surface area contributed by atoms with Crippen LogP contribution in [-0.4, -0.2) is 16.7 Å². The number of rotatable bonds is 6. The number of carbonyl (C=O) groups excluding carboxylic acids is 1. The normalized spacial score (nSPS) is 13.7. The number of carbonyl (C=O) groups is 1. The lowest BCUT2D eigenvalue weighted by Crippen LogP contribution is -2.14. The van der Waals surface area contributed by atoms with Gasteiger partial charge < -0.3 is 9.88 Å². The molecule has 1 aliphatic carbocycles. The van der Waals surface area contributed by atoms with Crippen LogP contribution >= 0.6 is 34.5 Å². The van der Waals surface area contributed by atoms with Crippen molar-refractivity contribution >= 4 is 68.3 Å². The van der Waals surface area contributed by atoms with Crippen LogP contribution in [0.2, 0.25) is 10.0 Å². The summed E-state index contributed by atoms with van der Waals surface area (Å²) in [7, 11) is 0. The van der Waals surface area contributed by atoms with Crippen molar-refractivity contribution in [3.63, 3.8) is 0 Å². The molecule has 1 aliphatic rings. The SMILES string of the molecule is Cc1ccc(NC(=O)c2c(N=Cc3cn(Cc4ccc(Cl)c(Cl)c4)c4ccccc34)sc3c2CCCCCC3)cc1C. The minimum Gasteiger partial charge on any atom is -0.342 e. The summed E-state index contributed by atoms with van der Waals surface area (Å²) in [5.41, 5.74) is 8.26. The highest BCUT2D eigenvalue weighted by Gasteiger charge is 2.24. The summed E-state index contributed by atoms with van der Waals surface area (Å²) < 4.78 is 2.21. The number of hydrogen-bond donors (Lipinski definition) is 1. The van der Waals surface area contributed by atoms with Crippen molar-refractivity contribution in [3.8, 4) is 0 Å². The van der Waals surface area contributed by atoms with E-state index in [1.807, 2.05) is 48.7 Å². The van der Waals surface area contributed by atoms with Crippen LogP contribution in [-0.2, 0) is 19.4 Å². The maximum Gasteiger partial charge on any atom is 0.259 e. The summed E-state index contributed by atoms with van der Waals surface area (Å²) in [5.74, 6) is -0.0782. The summed E-state index contributed by atoms with van der Waals surface area (Å²) in [6, 6.07) is 20.1. The molecule has 0 unspecified atom stereocenters. The molecule has 0 bridgehead atoms. The zero-order chi connectivity index (χ0) is 29.2. The fourth-order valence-electron chi connectivity index (χ4n) is 5.71. The van der Waals surface area contributed by atoms with Crippen LogP contribution in [0.15, 0.2) is 71.9 Å². The van der Waals surface area contributed by atoms with Crippen molar-refractivity contribution in [3.05, 3.63) is 115 Å². The average Bonchev–Trinajstić information content (AvgIpc) is 3.48. The number of aromatic nitrogens is 1. The molecular formula is C35H33Cl2N3OS. The van der Waals surface area contributed by atoms with Gasteiger partial charge in [0.05, 0.1) is 15.6 Å². The van der Waals surface area contributed by atoms with Gasteiger partial charge in [0.2, 0.25) is 0 Å². The first-order valence-electron chi connectivity index (χ1n) is 14.5. The lowest BCUT2D eigenvalue weighted by Gasteiger charge is -2.12. The van der Waals surface area contributed by atoms with Crippen LogP contribution in [0.3, 0.4) is 0 Å². The molecule has 214 valence electrons. The predicted octanol–water partition coefficient (Wildman–Crippen LogP) is 10.3. The number of aryl methyl sites for hydroxylation is 3. The maximum atomic E-state index is 13.8. The fourth-order valence-corrected chi connectivity index (χ4v) is 7.27. The number of halogens is 2. The Labute approximate surface area is 261 Å². The van der Waals surface area contributed by atoms with Gasteiger partial charge in [-0.1, -0.05) is 66.4 Å². The number of hydrogen-bond acceptors (Lipinski definition) is 3. The molecule has 7 heteroatoms. The molecule has 1 amide bonds. The number of aliphatic imine (C=N–C) groups is 1. The average molecular weight is 615 g/mol. The highest BCUT2D eigenvalue weighted by molar-refractivity contribution is 7.16. The molecule has 0 fully saturated rings. The summed E-state index contributed by atoms with van der Waals surface area (Å²) in [4.78, 5) is 20.2. The Kier molecular flexibility index (Phi) is 8.53. The van der Waals surface area contributed by atoms with Crippen molar-refractivity contribution in [2.75, 3.05) is 5.32 Å². The summed E-state index contributed by atoms with van der Waals surface area (Å²) >= 11 is 14.1. The molecule has 5 aromatic rings. The molecular weight excluding hydrogens is 581 g/mol. The van der Waals surface area contributed by atoms with E-state index in [1.54, 1.807) is 11.3 Å². The van der Waals surface area contributed by atoms with E-state index >= 15 is 0 Å². The number of thiophene rings is 1. The van der Waals surface area contributed by atoms with E-state index in [1.165, 1.54) is 28.8 Å². The number of benzene rings is 3. The highest BCUT2D eigenvalue weighted by atomic mass is 35.5. The maximum absolute atomic E-state index is 13.8. The van der Waals surface area contributed by atoms with E-state index in [0.717, 1.165) is 69.5 Å². The third kappa shape index (κ3) is 6.05. The zero-order valence-corrected chi connectivity index (χ0v) is 26.2. The van der Waals surface area contributed by atoms with Gasteiger partial charge in [0.15, 0.2) is 0 Å². The summed E-state index contributed by atoms with van der Waals surface area (Å²) in [6.07, 6.45) is 10.6. The Morgan fingerprint density at radius 3 is 2.57 bits per heavy atom. The van der Waals surface area contributed by atoms with Crippen molar-refractivity contribution in [1.29, 1.82) is 0 Å². The molecule has 6 rings (SSSR count). The van der Waals surface area contributed by atoms with E-state index in [2.05, 4.69) is 48.1 Å². The summed E-state index contributed by atoms with van der Waals surface area (Å²) in [6.45, 7) is 4.80. The van der Waals surface area contributed by atoms with Crippen LogP contribution in [0.1, 0.15) is 68.7 Å². The second-order valence-corrected chi connectivity index (χ2v) is 13.0. The Morgan fingerprint density at radius 1 is 0.952 bits per heavy atom. The van der Waals surface area contributed by atoms with Crippen LogP contribution in [0.5, 0.6) is 0 Å². The lowest BCUT2D eigenvalue weighted by atomic mass is 9.96. The second-order valence-electron chi connectivity index (χ2n) is 11.1. The Balaban J connectivity index is 1.37. The smallest absolute Gasteiger partial charge is 0.259 e. The van der Waals surface area contributed by atoms with Crippen LogP contribution in [0, 0.1) is 13.8 Å². The molecule has 42 heavy (non-hydrogen) atoms. The Morgan fingerprint density at radius 2 is 1.76 bits per heavy atom. The first-order valence-corrected chi connectivity index (χ1v) is 16.0. The van der Waals surface area contributed by atoms with Crippen LogP contribution in [0.25, 0.3) is 10.9 Å². The van der Waals surface area contributed by atoms with Crippen molar-refractivity contribution < 1.29 is 4.79 Å². The lowest BCUT2D eigenvalue weighted by molar-refractivity contribution is 0.102. The molecule has 0 aliphatic heterocycles. The number of fused-ring (bicyclic) bond motifs is 2. The molecule has 0 atom stereocenters. The molecule has 3 aromatic carbocycles. The van der Waals surface area contributed by atoms with E-state index in [4.69, 9.17) is 28.2 Å². The highest BCUT2D eigenvalue weighted by Crippen LogP contribution is 2.39. The summed E-state index contributed by atoms with van der Waals surface area (Å²) in [5, 5.41) is 6.16. The molecule has 1 N–H and O–H groups in total. The molecule has 2 heterocycles. The Bertz CT molecular complexity index is 1820. The molecule has 0 radical (unpaired) electrons. The van der Waals surface area contributed by atoms with E-state index < -0.39 is 0 Å². The van der Waals surface area contributed by atoms with Gasteiger partial charge in [-0.15, -0.1) is 11.3 Å². The Hall–Kier alpha value is -3.38. The molecule has 0 saturated carbocycles. The first-order chi connectivity index (χ1) is 20.4. The van der Waals surface area contributed by atoms with Gasteiger partial charge in [-0.3, -0.25) is 4.79 Å². The minimum absolute atomic E-state index is 0.0782. The predicted molar refractivity (Wildman–Crippen MR) is 179 cm³/mol. The number of amides is 1. The monoisotopic (exact) mass is 613 g/mol. The number of anilines is 1. The van der Waals surface area contributed by atoms with Gasteiger partial charge in [0, 0.05) is 46.0 Å². The van der Waals surface area contributed by atoms with Crippen molar-refractivity contribution in [2.24, 2.45) is 4.99 Å². The quantitative estimate of drug-likeness (QED) is 0.190. The first kappa shape index (κ1) is 28.7. The molecule has 0 saturated heterocycles. The van der Waals surface area contributed by atoms with Gasteiger partial charge in [0.1, 0.15) is 5.00 Å². The molecule has 4 nitrogen and oxygen atoms in total. The van der Waals surface area contributed by atoms with E-state index in [9.17, 15) is 4.79 Å². The van der Waals surface area contributed by atoms with Gasteiger partial charge in [-0.25, -0.2) is 4.99 Å². The van der Waals surface area contributed by atoms with Gasteiger partial charge in [0.25, 0.3) is 5.91 Å². The third-order valence-electron chi connectivity index (χ3n) is 8.12. The van der Waals surface area contributed by atoms with Gasteiger partial charge >= 0.3 is 0 Å². The topological polar surface area (TPSA) is 46.4 Å². The van der Waals surface area contributed by atoms with Crippen molar-refractivity contribution in [2.45, 2.75) is 58.9 Å². The third-order valence-corrected chi connectivity index (χ3v) is 10.1. The van der Waals surface area contributed by atoms with Crippen molar-refractivity contribution in [1.82, 2.24) is 4.57 Å². The van der Waals surface area contributed by atoms with Gasteiger partial charge in [-0.05, 0) is 92.1 Å². The number of nitrogens with zero attached hydrogens (tertiary/aromatic N) is 2. The molecule has 0 spiro atoms. The zero-order valence-electron chi connectivity index (χ0n) is 23.8. The van der Waals surface area contributed by atoms with E-state index in [0.29, 0.717) is 16.6 Å². The van der Waals surface area contributed by atoms with Crippen LogP contribution in [0.4, 0.5) is 10.7 Å². The van der Waals surface area contributed by atoms with Gasteiger partial charge in [-0.2, -0.15) is 0 Å². The van der Waals surface area contributed by atoms with Crippen LogP contribution < -0.4 is 5.32 Å². The minimum atomic E-state index is -0.0782. The second kappa shape index (κ2) is 12.5. The fraction of sp³-hybridized carbons (Fsp3) is 0.257. The standard InChI is InChI=1S/C35H33Cl2N3OS/c1-22-13-15-26(17-23(22)2)39-34(41)33-28-10-5-3-4-6-12-32(28)42-35(33)38-19-25-21-40(31-11-8-7-9-27(25)31)20-24-14-16-29(36)30(37)18-24/h7-9,11,13-19,21H,3-6,10,12,20H2,1-2H3,(H,39,41). The number of nitrogens with one attached hydrogen (secondary N) is 1. The van der Waals surface area contributed by atoms with E-state index in [-0.39, 0.29) is 5.91 Å². The molecule has 2 aromatic heterocycles. The largest absolute Gasteiger partial charge is 0.342 e.